The van der Waals surface area contributed by atoms with Crippen LogP contribution in [-0.2, 0) is 6.54 Å². The zero-order valence-corrected chi connectivity index (χ0v) is 16.2. The molecule has 0 saturated carbocycles. The van der Waals surface area contributed by atoms with Crippen LogP contribution in [0.3, 0.4) is 0 Å². The Kier molecular flexibility index (Phi) is 4.99. The van der Waals surface area contributed by atoms with Gasteiger partial charge in [0.15, 0.2) is 5.82 Å². The SMILES string of the molecule is COc1ccc(CNc2cc3nc(C)c(-c4cccc(N)c4F)cc3cn2)cc1. The monoisotopic (exact) mass is 388 g/mol. The van der Waals surface area contributed by atoms with Crippen LogP contribution in [0.1, 0.15) is 11.3 Å². The number of nitrogens with two attached hydrogens (primary N) is 1. The van der Waals surface area contributed by atoms with Gasteiger partial charge in [-0.15, -0.1) is 0 Å². The Hall–Kier alpha value is -3.67. The van der Waals surface area contributed by atoms with Gasteiger partial charge in [-0.3, -0.25) is 4.98 Å². The lowest BCUT2D eigenvalue weighted by Gasteiger charge is -2.11. The number of rotatable bonds is 5. The van der Waals surface area contributed by atoms with Crippen LogP contribution in [0.2, 0.25) is 0 Å². The van der Waals surface area contributed by atoms with Crippen LogP contribution in [0, 0.1) is 12.7 Å². The van der Waals surface area contributed by atoms with Crippen LogP contribution in [0.4, 0.5) is 15.9 Å². The summed E-state index contributed by atoms with van der Waals surface area (Å²) in [6, 6.07) is 16.6. The van der Waals surface area contributed by atoms with Crippen molar-refractivity contribution in [3.8, 4) is 16.9 Å². The van der Waals surface area contributed by atoms with Crippen molar-refractivity contribution in [1.82, 2.24) is 9.97 Å². The van der Waals surface area contributed by atoms with Crippen molar-refractivity contribution >= 4 is 22.4 Å². The number of anilines is 2. The molecule has 6 heteroatoms. The Bertz CT molecular complexity index is 1180. The molecule has 0 saturated heterocycles. The number of pyridine rings is 2. The second-order valence-corrected chi connectivity index (χ2v) is 6.79. The quantitative estimate of drug-likeness (QED) is 0.474. The highest BCUT2D eigenvalue weighted by Gasteiger charge is 2.13. The molecule has 146 valence electrons. The van der Waals surface area contributed by atoms with Crippen molar-refractivity contribution in [2.45, 2.75) is 13.5 Å². The molecular formula is C23H21FN4O. The summed E-state index contributed by atoms with van der Waals surface area (Å²) in [5.74, 6) is 1.12. The molecule has 0 spiro atoms. The molecular weight excluding hydrogens is 367 g/mol. The van der Waals surface area contributed by atoms with E-state index >= 15 is 0 Å². The fraction of sp³-hybridized carbons (Fsp3) is 0.130. The van der Waals surface area contributed by atoms with Crippen molar-refractivity contribution in [3.05, 3.63) is 77.9 Å². The highest BCUT2D eigenvalue weighted by Crippen LogP contribution is 2.30. The first-order valence-corrected chi connectivity index (χ1v) is 9.23. The Morgan fingerprint density at radius 2 is 1.86 bits per heavy atom. The van der Waals surface area contributed by atoms with Gasteiger partial charge in [0, 0.05) is 41.0 Å². The smallest absolute Gasteiger partial charge is 0.153 e. The van der Waals surface area contributed by atoms with E-state index in [-0.39, 0.29) is 5.69 Å². The number of aromatic nitrogens is 2. The van der Waals surface area contributed by atoms with E-state index in [0.717, 1.165) is 33.7 Å². The summed E-state index contributed by atoms with van der Waals surface area (Å²) in [4.78, 5) is 9.12. The summed E-state index contributed by atoms with van der Waals surface area (Å²) in [5.41, 5.74) is 9.63. The summed E-state index contributed by atoms with van der Waals surface area (Å²) in [7, 11) is 1.65. The third kappa shape index (κ3) is 3.82. The first kappa shape index (κ1) is 18.7. The fourth-order valence-corrected chi connectivity index (χ4v) is 3.23. The molecule has 0 radical (unpaired) electrons. The van der Waals surface area contributed by atoms with E-state index in [1.54, 1.807) is 31.5 Å². The predicted octanol–water partition coefficient (Wildman–Crippen LogP) is 4.95. The van der Waals surface area contributed by atoms with E-state index in [9.17, 15) is 4.39 Å². The Morgan fingerprint density at radius 3 is 2.62 bits per heavy atom. The predicted molar refractivity (Wildman–Crippen MR) is 114 cm³/mol. The minimum Gasteiger partial charge on any atom is -0.497 e. The van der Waals surface area contributed by atoms with Gasteiger partial charge < -0.3 is 15.8 Å². The number of benzene rings is 2. The molecule has 4 aromatic rings. The largest absolute Gasteiger partial charge is 0.497 e. The van der Waals surface area contributed by atoms with Gasteiger partial charge in [0.05, 0.1) is 18.3 Å². The lowest BCUT2D eigenvalue weighted by Crippen LogP contribution is -2.02. The number of ether oxygens (including phenoxy) is 1. The molecule has 4 rings (SSSR count). The molecule has 0 atom stereocenters. The highest BCUT2D eigenvalue weighted by atomic mass is 19.1. The average molecular weight is 388 g/mol. The summed E-state index contributed by atoms with van der Waals surface area (Å²) >= 11 is 0. The van der Waals surface area contributed by atoms with Gasteiger partial charge in [0.25, 0.3) is 0 Å². The molecule has 2 aromatic heterocycles. The van der Waals surface area contributed by atoms with E-state index < -0.39 is 5.82 Å². The van der Waals surface area contributed by atoms with Crippen LogP contribution in [0.25, 0.3) is 22.0 Å². The van der Waals surface area contributed by atoms with E-state index in [4.69, 9.17) is 10.5 Å². The number of methoxy groups -OCH3 is 1. The summed E-state index contributed by atoms with van der Waals surface area (Å²) < 4.78 is 19.6. The number of halogens is 1. The maximum absolute atomic E-state index is 14.5. The number of nitrogens with zero attached hydrogens (tertiary/aromatic N) is 2. The van der Waals surface area contributed by atoms with Gasteiger partial charge in [-0.25, -0.2) is 9.37 Å². The highest BCUT2D eigenvalue weighted by molar-refractivity contribution is 5.86. The molecule has 0 aliphatic rings. The van der Waals surface area contributed by atoms with E-state index in [0.29, 0.717) is 17.7 Å². The maximum Gasteiger partial charge on any atom is 0.153 e. The molecule has 2 aromatic carbocycles. The van der Waals surface area contributed by atoms with E-state index in [2.05, 4.69) is 15.3 Å². The van der Waals surface area contributed by atoms with Crippen molar-refractivity contribution < 1.29 is 9.13 Å². The Labute approximate surface area is 168 Å². The Balaban J connectivity index is 1.60. The minimum atomic E-state index is -0.428. The first-order valence-electron chi connectivity index (χ1n) is 9.23. The first-order chi connectivity index (χ1) is 14.0. The van der Waals surface area contributed by atoms with Crippen molar-refractivity contribution in [2.24, 2.45) is 0 Å². The van der Waals surface area contributed by atoms with Crippen molar-refractivity contribution in [2.75, 3.05) is 18.2 Å². The number of nitrogen functional groups attached to an aromatic ring is 1. The minimum absolute atomic E-state index is 0.123. The van der Waals surface area contributed by atoms with Gasteiger partial charge in [-0.2, -0.15) is 0 Å². The second-order valence-electron chi connectivity index (χ2n) is 6.79. The van der Waals surface area contributed by atoms with Crippen molar-refractivity contribution in [1.29, 1.82) is 0 Å². The molecule has 2 heterocycles. The third-order valence-corrected chi connectivity index (χ3v) is 4.84. The zero-order valence-electron chi connectivity index (χ0n) is 16.2. The van der Waals surface area contributed by atoms with E-state index in [1.807, 2.05) is 43.3 Å². The topological polar surface area (TPSA) is 73.1 Å². The summed E-state index contributed by atoms with van der Waals surface area (Å²) in [6.45, 7) is 2.50. The number of aryl methyl sites for hydroxylation is 1. The maximum atomic E-state index is 14.5. The Morgan fingerprint density at radius 1 is 1.07 bits per heavy atom. The molecule has 0 fully saturated rings. The molecule has 0 aliphatic heterocycles. The molecule has 0 amide bonds. The van der Waals surface area contributed by atoms with Crippen LogP contribution >= 0.6 is 0 Å². The summed E-state index contributed by atoms with van der Waals surface area (Å²) in [6.07, 6.45) is 1.74. The van der Waals surface area contributed by atoms with Crippen LogP contribution in [0.5, 0.6) is 5.75 Å². The molecule has 5 nitrogen and oxygen atoms in total. The molecule has 0 unspecified atom stereocenters. The molecule has 29 heavy (non-hydrogen) atoms. The lowest BCUT2D eigenvalue weighted by atomic mass is 10.0. The number of fused-ring (bicyclic) bond motifs is 1. The number of hydrogen-bond donors (Lipinski definition) is 2. The van der Waals surface area contributed by atoms with E-state index in [1.165, 1.54) is 0 Å². The van der Waals surface area contributed by atoms with Gasteiger partial charge in [0.2, 0.25) is 0 Å². The summed E-state index contributed by atoms with van der Waals surface area (Å²) in [5, 5.41) is 4.14. The van der Waals surface area contributed by atoms with Gasteiger partial charge in [0.1, 0.15) is 11.6 Å². The normalized spacial score (nSPS) is 10.9. The van der Waals surface area contributed by atoms with Gasteiger partial charge in [-0.1, -0.05) is 24.3 Å². The second kappa shape index (κ2) is 7.75. The van der Waals surface area contributed by atoms with Gasteiger partial charge >= 0.3 is 0 Å². The van der Waals surface area contributed by atoms with Crippen LogP contribution in [0.15, 0.2) is 60.8 Å². The molecule has 0 bridgehead atoms. The zero-order chi connectivity index (χ0) is 20.4. The molecule has 0 aliphatic carbocycles. The standard InChI is InChI=1S/C23H21FN4O/c1-14-19(18-4-3-5-20(25)23(18)24)10-16-13-27-22(11-21(16)28-14)26-12-15-6-8-17(29-2)9-7-15/h3-11,13H,12,25H2,1-2H3,(H,26,27). The van der Waals surface area contributed by atoms with Crippen LogP contribution < -0.4 is 15.8 Å². The average Bonchev–Trinajstić information content (AvgIpc) is 2.74. The molecule has 3 N–H and O–H groups in total. The lowest BCUT2D eigenvalue weighted by molar-refractivity contribution is 0.414. The third-order valence-electron chi connectivity index (χ3n) is 4.84. The number of hydrogen-bond acceptors (Lipinski definition) is 5. The fourth-order valence-electron chi connectivity index (χ4n) is 3.23. The van der Waals surface area contributed by atoms with Crippen molar-refractivity contribution in [3.63, 3.8) is 0 Å². The van der Waals surface area contributed by atoms with Crippen LogP contribution in [-0.4, -0.2) is 17.1 Å². The number of nitrogens with one attached hydrogen (secondary N) is 1. The van der Waals surface area contributed by atoms with Gasteiger partial charge in [-0.05, 0) is 36.8 Å².